The Hall–Kier alpha value is 0.520. The van der Waals surface area contributed by atoms with Gasteiger partial charge in [0.15, 0.2) is 27.2 Å². The molecule has 0 aromatic heterocycles. The minimum Gasteiger partial charge on any atom is -0.281 e. The molecule has 4 fully saturated rings. The highest BCUT2D eigenvalue weighted by Crippen LogP contribution is 2.61. The molecule has 0 aromatic rings. The lowest BCUT2D eigenvalue weighted by atomic mass is 10.3. The lowest BCUT2D eigenvalue weighted by Gasteiger charge is -2.36. The van der Waals surface area contributed by atoms with E-state index in [0.717, 1.165) is 0 Å². The Morgan fingerprint density at radius 2 is 0.700 bits per heavy atom. The van der Waals surface area contributed by atoms with Crippen LogP contribution in [0.4, 0.5) is 0 Å². The Morgan fingerprint density at radius 3 is 0.867 bits per heavy atom. The normalized spacial score (nSPS) is 27.7. The van der Waals surface area contributed by atoms with E-state index in [-0.39, 0.29) is 52.3 Å². The van der Waals surface area contributed by atoms with Crippen LogP contribution in [0.25, 0.3) is 0 Å². The van der Waals surface area contributed by atoms with Crippen molar-refractivity contribution in [2.75, 3.05) is 65.4 Å². The van der Waals surface area contributed by atoms with Crippen molar-refractivity contribution in [1.82, 2.24) is 9.80 Å². The minimum absolute atomic E-state index is 0.0266. The van der Waals surface area contributed by atoms with Crippen molar-refractivity contribution in [2.24, 2.45) is 0 Å². The van der Waals surface area contributed by atoms with E-state index in [1.807, 2.05) is 0 Å². The van der Waals surface area contributed by atoms with Gasteiger partial charge in [-0.1, -0.05) is 0 Å². The molecule has 4 aliphatic rings. The van der Waals surface area contributed by atoms with E-state index in [4.69, 9.17) is 36.2 Å². The Balaban J connectivity index is 1.26. The van der Waals surface area contributed by atoms with Crippen molar-refractivity contribution < 1.29 is 54.5 Å². The summed E-state index contributed by atoms with van der Waals surface area (Å²) in [6.45, 7) is 0.712. The molecule has 0 amide bonds. The van der Waals surface area contributed by atoms with Gasteiger partial charge in [-0.15, -0.1) is 0 Å². The summed E-state index contributed by atoms with van der Waals surface area (Å²) >= 11 is 0. The zero-order valence-electron chi connectivity index (χ0n) is 16.1. The molecular formula is C12H24N2O12P4. The van der Waals surface area contributed by atoms with Crippen LogP contribution in [0.1, 0.15) is 12.8 Å². The number of hydrogen-bond acceptors (Lipinski definition) is 14. The summed E-state index contributed by atoms with van der Waals surface area (Å²) < 4.78 is 88.9. The SMILES string of the molecule is O=P1(CN(CCCCN(CP2(=O)OCO2)CP2(=O)OCO2)CP2(=O)OCO2)OCO1. The van der Waals surface area contributed by atoms with Gasteiger partial charge in [0, 0.05) is 0 Å². The van der Waals surface area contributed by atoms with Crippen molar-refractivity contribution in [3.05, 3.63) is 0 Å². The molecule has 0 bridgehead atoms. The summed E-state index contributed by atoms with van der Waals surface area (Å²) in [6, 6.07) is 0. The third kappa shape index (κ3) is 6.10. The first-order chi connectivity index (χ1) is 14.2. The van der Waals surface area contributed by atoms with Gasteiger partial charge in [-0.25, -0.2) is 0 Å². The van der Waals surface area contributed by atoms with Crippen molar-refractivity contribution >= 4 is 30.4 Å². The van der Waals surface area contributed by atoms with Gasteiger partial charge in [0.05, 0.1) is 0 Å². The average Bonchev–Trinajstić information content (AvgIpc) is 2.59. The van der Waals surface area contributed by atoms with Crippen LogP contribution in [0.2, 0.25) is 0 Å². The Morgan fingerprint density at radius 1 is 0.467 bits per heavy atom. The van der Waals surface area contributed by atoms with E-state index in [1.54, 1.807) is 9.80 Å². The van der Waals surface area contributed by atoms with Gasteiger partial charge in [0.1, 0.15) is 25.1 Å². The standard InChI is InChI=1S/C12H24N2O12P4/c15-27(19-9-20-27)5-13(6-28(16)21-10-22-28)3-1-2-4-14(7-29(17)23-11-24-29)8-30(18)25-12-26-30/h1-12H2. The maximum Gasteiger partial charge on any atom is 0.348 e. The zero-order valence-corrected chi connectivity index (χ0v) is 19.6. The fraction of sp³-hybridized carbons (Fsp3) is 1.00. The molecule has 4 rings (SSSR count). The molecule has 0 atom stereocenters. The molecule has 0 radical (unpaired) electrons. The van der Waals surface area contributed by atoms with Gasteiger partial charge < -0.3 is 0 Å². The van der Waals surface area contributed by atoms with Crippen LogP contribution < -0.4 is 0 Å². The molecule has 4 heterocycles. The highest BCUT2D eigenvalue weighted by atomic mass is 31.2. The Bertz CT molecular complexity index is 667. The molecule has 30 heavy (non-hydrogen) atoms. The van der Waals surface area contributed by atoms with E-state index >= 15 is 0 Å². The van der Waals surface area contributed by atoms with Crippen molar-refractivity contribution in [1.29, 1.82) is 0 Å². The van der Waals surface area contributed by atoms with Crippen LogP contribution in [0.15, 0.2) is 0 Å². The molecule has 14 nitrogen and oxygen atoms in total. The second-order valence-corrected chi connectivity index (χ2v) is 15.1. The van der Waals surface area contributed by atoms with Crippen LogP contribution in [0.5, 0.6) is 0 Å². The summed E-state index contributed by atoms with van der Waals surface area (Å²) in [6.07, 6.45) is 1.08. The van der Waals surface area contributed by atoms with Gasteiger partial charge >= 0.3 is 30.4 Å². The Labute approximate surface area is 173 Å². The Kier molecular flexibility index (Phi) is 7.42. The third-order valence-electron chi connectivity index (χ3n) is 4.69. The van der Waals surface area contributed by atoms with E-state index < -0.39 is 30.4 Å². The van der Waals surface area contributed by atoms with Gasteiger partial charge in [-0.3, -0.25) is 64.2 Å². The molecular weight excluding hydrogens is 488 g/mol. The highest BCUT2D eigenvalue weighted by Gasteiger charge is 2.42. The van der Waals surface area contributed by atoms with Gasteiger partial charge in [0.2, 0.25) is 0 Å². The maximum atomic E-state index is 12.2. The lowest BCUT2D eigenvalue weighted by Crippen LogP contribution is -2.35. The zero-order chi connectivity index (χ0) is 21.3. The molecule has 4 saturated heterocycles. The van der Waals surface area contributed by atoms with Gasteiger partial charge in [-0.2, -0.15) is 0 Å². The first-order valence-electron chi connectivity index (χ1n) is 9.16. The average molecular weight is 512 g/mol. The molecule has 0 unspecified atom stereocenters. The molecule has 18 heteroatoms. The largest absolute Gasteiger partial charge is 0.348 e. The summed E-state index contributed by atoms with van der Waals surface area (Å²) in [5, 5.41) is 0. The van der Waals surface area contributed by atoms with Crippen LogP contribution in [0, 0.1) is 0 Å². The second-order valence-electron chi connectivity index (χ2n) is 7.01. The quantitative estimate of drug-likeness (QED) is 0.263. The smallest absolute Gasteiger partial charge is 0.281 e. The number of unbranched alkanes of at least 4 members (excludes halogenated alkanes) is 1. The fourth-order valence-electron chi connectivity index (χ4n) is 3.03. The first kappa shape index (κ1) is 23.7. The maximum absolute atomic E-state index is 12.2. The van der Waals surface area contributed by atoms with E-state index in [2.05, 4.69) is 0 Å². The topological polar surface area (TPSA) is 149 Å². The number of hydrogen-bond donors (Lipinski definition) is 0. The summed E-state index contributed by atoms with van der Waals surface area (Å²) in [4.78, 5) is 3.31. The number of rotatable bonds is 13. The number of nitrogens with zero attached hydrogens (tertiary/aromatic N) is 2. The monoisotopic (exact) mass is 512 g/mol. The van der Waals surface area contributed by atoms with Crippen molar-refractivity contribution in [3.8, 4) is 0 Å². The van der Waals surface area contributed by atoms with E-state index in [9.17, 15) is 18.3 Å². The van der Waals surface area contributed by atoms with Crippen molar-refractivity contribution in [3.63, 3.8) is 0 Å². The van der Waals surface area contributed by atoms with Crippen LogP contribution in [-0.4, -0.2) is 75.2 Å². The minimum atomic E-state index is -3.19. The second kappa shape index (κ2) is 9.41. The van der Waals surface area contributed by atoms with Crippen LogP contribution in [-0.2, 0) is 54.5 Å². The molecule has 0 aliphatic carbocycles. The summed E-state index contributed by atoms with van der Waals surface area (Å²) in [7, 11) is -12.8. The molecule has 0 saturated carbocycles. The predicted molar refractivity (Wildman–Crippen MR) is 101 cm³/mol. The van der Waals surface area contributed by atoms with E-state index in [1.165, 1.54) is 0 Å². The summed E-state index contributed by atoms with van der Waals surface area (Å²) in [5.74, 6) is 0. The first-order valence-corrected chi connectivity index (χ1v) is 16.1. The highest BCUT2D eigenvalue weighted by molar-refractivity contribution is 7.56. The summed E-state index contributed by atoms with van der Waals surface area (Å²) in [5.41, 5.74) is 0. The molecule has 4 aliphatic heterocycles. The predicted octanol–water partition coefficient (Wildman–Crippen LogP) is 2.99. The van der Waals surface area contributed by atoms with Crippen LogP contribution >= 0.6 is 30.4 Å². The lowest BCUT2D eigenvalue weighted by molar-refractivity contribution is -0.00661. The molecule has 174 valence electrons. The third-order valence-corrected chi connectivity index (χ3v) is 11.7. The van der Waals surface area contributed by atoms with Crippen molar-refractivity contribution in [2.45, 2.75) is 12.8 Å². The van der Waals surface area contributed by atoms with Gasteiger partial charge in [-0.05, 0) is 25.9 Å². The molecule has 0 aromatic carbocycles. The van der Waals surface area contributed by atoms with Gasteiger partial charge in [0.25, 0.3) is 0 Å². The van der Waals surface area contributed by atoms with Crippen LogP contribution in [0.3, 0.4) is 0 Å². The van der Waals surface area contributed by atoms with E-state index in [0.29, 0.717) is 25.9 Å². The fourth-order valence-corrected chi connectivity index (χ4v) is 8.29. The molecule has 0 spiro atoms. The molecule has 0 N–H and O–H groups in total.